The lowest BCUT2D eigenvalue weighted by Crippen LogP contribution is -2.41. The summed E-state index contributed by atoms with van der Waals surface area (Å²) in [6.07, 6.45) is 3.82. The van der Waals surface area contributed by atoms with E-state index >= 15 is 0 Å². The van der Waals surface area contributed by atoms with Crippen molar-refractivity contribution in [2.75, 3.05) is 6.61 Å². The fourth-order valence-electron chi connectivity index (χ4n) is 2.93. The summed E-state index contributed by atoms with van der Waals surface area (Å²) in [6, 6.07) is 0. The van der Waals surface area contributed by atoms with E-state index in [9.17, 15) is 0 Å². The second-order valence-electron chi connectivity index (χ2n) is 5.76. The molecule has 0 bridgehead atoms. The Morgan fingerprint density at radius 1 is 1.07 bits per heavy atom. The molecule has 1 aliphatic heterocycles. The fraction of sp³-hybridized carbons (Fsp3) is 0.846. The van der Waals surface area contributed by atoms with Crippen molar-refractivity contribution in [3.05, 3.63) is 11.1 Å². The third-order valence-corrected chi connectivity index (χ3v) is 3.97. The first-order chi connectivity index (χ1) is 6.48. The Balaban J connectivity index is 2.12. The molecule has 14 heavy (non-hydrogen) atoms. The summed E-state index contributed by atoms with van der Waals surface area (Å²) in [5, 5.41) is 0. The van der Waals surface area contributed by atoms with Crippen molar-refractivity contribution in [2.24, 2.45) is 11.8 Å². The van der Waals surface area contributed by atoms with Crippen molar-refractivity contribution < 1.29 is 4.74 Å². The number of fused-ring (bicyclic) bond motifs is 1. The van der Waals surface area contributed by atoms with E-state index in [0.717, 1.165) is 18.4 Å². The largest absolute Gasteiger partial charge is 0.375 e. The normalized spacial score (nSPS) is 36.9. The van der Waals surface area contributed by atoms with Crippen LogP contribution in [0.4, 0.5) is 0 Å². The van der Waals surface area contributed by atoms with Gasteiger partial charge in [-0.3, -0.25) is 0 Å². The second-order valence-corrected chi connectivity index (χ2v) is 5.76. The summed E-state index contributed by atoms with van der Waals surface area (Å²) in [4.78, 5) is 0. The maximum absolute atomic E-state index is 5.90. The number of rotatable bonds is 0. The highest BCUT2D eigenvalue weighted by molar-refractivity contribution is 5.16. The molecular formula is C13H22O. The van der Waals surface area contributed by atoms with Crippen LogP contribution in [0.3, 0.4) is 0 Å². The molecule has 1 fully saturated rings. The standard InChI is InChI=1S/C13H22O/c1-9-5-11-7-13(3,4)14-8-12(11)6-10(9)2/h11-12H,5-8H2,1-4H3/t11-,12+/m1/s1. The highest BCUT2D eigenvalue weighted by Crippen LogP contribution is 2.42. The van der Waals surface area contributed by atoms with E-state index < -0.39 is 0 Å². The van der Waals surface area contributed by atoms with E-state index in [0.29, 0.717) is 0 Å². The lowest BCUT2D eigenvalue weighted by molar-refractivity contribution is -0.104. The van der Waals surface area contributed by atoms with E-state index in [-0.39, 0.29) is 5.60 Å². The lowest BCUT2D eigenvalue weighted by atomic mass is 9.71. The summed E-state index contributed by atoms with van der Waals surface area (Å²) in [5.41, 5.74) is 3.35. The minimum absolute atomic E-state index is 0.118. The highest BCUT2D eigenvalue weighted by Gasteiger charge is 2.37. The maximum Gasteiger partial charge on any atom is 0.0629 e. The molecule has 0 aromatic carbocycles. The molecule has 1 heterocycles. The molecule has 1 heteroatoms. The predicted octanol–water partition coefficient (Wildman–Crippen LogP) is 3.55. The average Bonchev–Trinajstić information content (AvgIpc) is 2.07. The van der Waals surface area contributed by atoms with Gasteiger partial charge in [0.25, 0.3) is 0 Å². The Hall–Kier alpha value is -0.300. The van der Waals surface area contributed by atoms with Crippen LogP contribution in [0.2, 0.25) is 0 Å². The Kier molecular flexibility index (Phi) is 2.46. The van der Waals surface area contributed by atoms with Crippen LogP contribution in [0, 0.1) is 11.8 Å². The monoisotopic (exact) mass is 194 g/mol. The summed E-state index contributed by atoms with van der Waals surface area (Å²) >= 11 is 0. The van der Waals surface area contributed by atoms with Gasteiger partial charge in [-0.2, -0.15) is 0 Å². The molecular weight excluding hydrogens is 172 g/mol. The predicted molar refractivity (Wildman–Crippen MR) is 59.2 cm³/mol. The molecule has 80 valence electrons. The van der Waals surface area contributed by atoms with E-state index in [1.165, 1.54) is 19.3 Å². The fourth-order valence-corrected chi connectivity index (χ4v) is 2.93. The van der Waals surface area contributed by atoms with E-state index in [1.54, 1.807) is 11.1 Å². The van der Waals surface area contributed by atoms with Gasteiger partial charge in [0.2, 0.25) is 0 Å². The van der Waals surface area contributed by atoms with Gasteiger partial charge in [0.1, 0.15) is 0 Å². The molecule has 2 rings (SSSR count). The van der Waals surface area contributed by atoms with Gasteiger partial charge in [-0.25, -0.2) is 0 Å². The molecule has 0 amide bonds. The average molecular weight is 194 g/mol. The molecule has 0 saturated carbocycles. The topological polar surface area (TPSA) is 9.23 Å². The van der Waals surface area contributed by atoms with Crippen LogP contribution in [0.1, 0.15) is 47.0 Å². The zero-order chi connectivity index (χ0) is 10.3. The molecule has 0 N–H and O–H groups in total. The quantitative estimate of drug-likeness (QED) is 0.536. The zero-order valence-electron chi connectivity index (χ0n) is 9.89. The second kappa shape index (κ2) is 3.37. The molecule has 2 atom stereocenters. The molecule has 1 nitrogen and oxygen atoms in total. The SMILES string of the molecule is CC1=C(C)C[C@@H]2CC(C)(C)OC[C@@H]2C1. The van der Waals surface area contributed by atoms with Crippen LogP contribution in [-0.2, 0) is 4.74 Å². The van der Waals surface area contributed by atoms with Gasteiger partial charge in [0.15, 0.2) is 0 Å². The summed E-state index contributed by atoms with van der Waals surface area (Å²) in [7, 11) is 0. The minimum Gasteiger partial charge on any atom is -0.375 e. The van der Waals surface area contributed by atoms with Crippen molar-refractivity contribution in [1.82, 2.24) is 0 Å². The van der Waals surface area contributed by atoms with Crippen LogP contribution in [0.5, 0.6) is 0 Å². The van der Waals surface area contributed by atoms with E-state index in [2.05, 4.69) is 27.7 Å². The summed E-state index contributed by atoms with van der Waals surface area (Å²) < 4.78 is 5.90. The van der Waals surface area contributed by atoms with Crippen molar-refractivity contribution in [1.29, 1.82) is 0 Å². The smallest absolute Gasteiger partial charge is 0.0629 e. The van der Waals surface area contributed by atoms with Crippen LogP contribution in [0.25, 0.3) is 0 Å². The van der Waals surface area contributed by atoms with Crippen LogP contribution < -0.4 is 0 Å². The number of hydrogen-bond donors (Lipinski definition) is 0. The van der Waals surface area contributed by atoms with Gasteiger partial charge in [0, 0.05) is 0 Å². The summed E-state index contributed by atoms with van der Waals surface area (Å²) in [5.74, 6) is 1.68. The Labute approximate surface area is 87.5 Å². The van der Waals surface area contributed by atoms with Crippen molar-refractivity contribution in [2.45, 2.75) is 52.6 Å². The summed E-state index contributed by atoms with van der Waals surface area (Å²) in [6.45, 7) is 10.0. The van der Waals surface area contributed by atoms with Gasteiger partial charge < -0.3 is 4.74 Å². The van der Waals surface area contributed by atoms with Crippen LogP contribution >= 0.6 is 0 Å². The first kappa shape index (κ1) is 10.2. The van der Waals surface area contributed by atoms with Gasteiger partial charge in [-0.1, -0.05) is 11.1 Å². The van der Waals surface area contributed by atoms with Gasteiger partial charge >= 0.3 is 0 Å². The Bertz CT molecular complexity index is 262. The minimum atomic E-state index is 0.118. The Morgan fingerprint density at radius 2 is 1.64 bits per heavy atom. The van der Waals surface area contributed by atoms with Gasteiger partial charge in [-0.15, -0.1) is 0 Å². The molecule has 2 aliphatic rings. The number of allylic oxidation sites excluding steroid dienone is 2. The molecule has 0 aromatic rings. The van der Waals surface area contributed by atoms with Gasteiger partial charge in [-0.05, 0) is 58.8 Å². The van der Waals surface area contributed by atoms with Crippen LogP contribution in [0.15, 0.2) is 11.1 Å². The highest BCUT2D eigenvalue weighted by atomic mass is 16.5. The third-order valence-electron chi connectivity index (χ3n) is 3.97. The first-order valence-corrected chi connectivity index (χ1v) is 5.77. The third kappa shape index (κ3) is 1.88. The molecule has 0 radical (unpaired) electrons. The van der Waals surface area contributed by atoms with Crippen LogP contribution in [-0.4, -0.2) is 12.2 Å². The molecule has 1 aliphatic carbocycles. The molecule has 0 unspecified atom stereocenters. The number of ether oxygens (including phenoxy) is 1. The van der Waals surface area contributed by atoms with Crippen molar-refractivity contribution in [3.63, 3.8) is 0 Å². The zero-order valence-corrected chi connectivity index (χ0v) is 9.89. The van der Waals surface area contributed by atoms with E-state index in [1.807, 2.05) is 0 Å². The van der Waals surface area contributed by atoms with E-state index in [4.69, 9.17) is 4.74 Å². The van der Waals surface area contributed by atoms with Crippen molar-refractivity contribution >= 4 is 0 Å². The van der Waals surface area contributed by atoms with Gasteiger partial charge in [0.05, 0.1) is 12.2 Å². The lowest BCUT2D eigenvalue weighted by Gasteiger charge is -2.43. The molecule has 1 saturated heterocycles. The molecule has 0 spiro atoms. The number of hydrogen-bond acceptors (Lipinski definition) is 1. The first-order valence-electron chi connectivity index (χ1n) is 5.77. The maximum atomic E-state index is 5.90. The molecule has 0 aromatic heterocycles. The van der Waals surface area contributed by atoms with Crippen molar-refractivity contribution in [3.8, 4) is 0 Å². The Morgan fingerprint density at radius 3 is 2.29 bits per heavy atom.